The third-order valence-corrected chi connectivity index (χ3v) is 5.97. The van der Waals surface area contributed by atoms with E-state index in [1.807, 2.05) is 60.7 Å². The van der Waals surface area contributed by atoms with Gasteiger partial charge < -0.3 is 10.2 Å². The Morgan fingerprint density at radius 3 is 2.03 bits per heavy atom. The van der Waals surface area contributed by atoms with Gasteiger partial charge in [0.15, 0.2) is 0 Å². The summed E-state index contributed by atoms with van der Waals surface area (Å²) in [6, 6.07) is 26.6. The number of piperidine rings is 1. The van der Waals surface area contributed by atoms with Gasteiger partial charge >= 0.3 is 0 Å². The molecule has 4 nitrogen and oxygen atoms in total. The molecule has 1 aliphatic heterocycles. The molecule has 0 spiro atoms. The molecule has 0 aromatic heterocycles. The van der Waals surface area contributed by atoms with Crippen LogP contribution in [-0.2, 0) is 4.79 Å². The maximum absolute atomic E-state index is 13.2. The van der Waals surface area contributed by atoms with Crippen LogP contribution in [0.5, 0.6) is 0 Å². The fourth-order valence-corrected chi connectivity index (χ4v) is 4.19. The first-order valence-corrected chi connectivity index (χ1v) is 10.9. The molecular weight excluding hydrogens is 408 g/mol. The molecule has 0 aliphatic carbocycles. The Labute approximate surface area is 187 Å². The number of hydrogen-bond acceptors (Lipinski definition) is 2. The van der Waals surface area contributed by atoms with E-state index in [0.717, 1.165) is 24.0 Å². The highest BCUT2D eigenvalue weighted by Crippen LogP contribution is 2.25. The van der Waals surface area contributed by atoms with Gasteiger partial charge in [-0.15, -0.1) is 0 Å². The summed E-state index contributed by atoms with van der Waals surface area (Å²) in [6.45, 7) is 1.08. The van der Waals surface area contributed by atoms with Crippen molar-refractivity contribution in [1.29, 1.82) is 0 Å². The lowest BCUT2D eigenvalue weighted by molar-refractivity contribution is -0.126. The monoisotopic (exact) mass is 432 g/mol. The molecule has 1 N–H and O–H groups in total. The van der Waals surface area contributed by atoms with Crippen LogP contribution in [0.25, 0.3) is 0 Å². The first-order valence-electron chi connectivity index (χ1n) is 10.6. The standard InChI is InChI=1S/C26H25ClN2O2/c27-23-15-13-21(14-16-23)26(31)29-17-7-12-22(18-29)25(30)28-24(19-8-3-1-4-9-19)20-10-5-2-6-11-20/h1-6,8-11,13-16,22,24H,7,12,17-18H2,(H,28,30). The average molecular weight is 433 g/mol. The predicted octanol–water partition coefficient (Wildman–Crippen LogP) is 5.10. The first kappa shape index (κ1) is 21.1. The topological polar surface area (TPSA) is 49.4 Å². The summed E-state index contributed by atoms with van der Waals surface area (Å²) in [7, 11) is 0. The molecule has 0 bridgehead atoms. The van der Waals surface area contributed by atoms with Crippen LogP contribution >= 0.6 is 11.6 Å². The Bertz CT molecular complexity index is 983. The second-order valence-corrected chi connectivity index (χ2v) is 8.30. The minimum absolute atomic E-state index is 0.0219. The van der Waals surface area contributed by atoms with Crippen LogP contribution in [0.3, 0.4) is 0 Å². The van der Waals surface area contributed by atoms with Crippen LogP contribution in [0.1, 0.15) is 40.4 Å². The third-order valence-electron chi connectivity index (χ3n) is 5.72. The molecule has 0 saturated carbocycles. The highest BCUT2D eigenvalue weighted by molar-refractivity contribution is 6.30. The molecule has 1 saturated heterocycles. The predicted molar refractivity (Wildman–Crippen MR) is 123 cm³/mol. The lowest BCUT2D eigenvalue weighted by atomic mass is 9.94. The van der Waals surface area contributed by atoms with Crippen molar-refractivity contribution in [3.8, 4) is 0 Å². The van der Waals surface area contributed by atoms with E-state index in [1.165, 1.54) is 0 Å². The summed E-state index contributed by atoms with van der Waals surface area (Å²) in [5.41, 5.74) is 2.66. The van der Waals surface area contributed by atoms with Gasteiger partial charge in [-0.1, -0.05) is 72.3 Å². The summed E-state index contributed by atoms with van der Waals surface area (Å²) >= 11 is 5.94. The van der Waals surface area contributed by atoms with Gasteiger partial charge in [0, 0.05) is 23.7 Å². The van der Waals surface area contributed by atoms with Crippen LogP contribution in [0.2, 0.25) is 5.02 Å². The van der Waals surface area contributed by atoms with E-state index in [1.54, 1.807) is 29.2 Å². The van der Waals surface area contributed by atoms with Crippen molar-refractivity contribution in [1.82, 2.24) is 10.2 Å². The maximum atomic E-state index is 13.2. The van der Waals surface area contributed by atoms with E-state index < -0.39 is 0 Å². The molecule has 3 aromatic rings. The maximum Gasteiger partial charge on any atom is 0.253 e. The zero-order valence-corrected chi connectivity index (χ0v) is 18.0. The highest BCUT2D eigenvalue weighted by atomic mass is 35.5. The largest absolute Gasteiger partial charge is 0.345 e. The highest BCUT2D eigenvalue weighted by Gasteiger charge is 2.30. The Kier molecular flexibility index (Phi) is 6.68. The first-order chi connectivity index (χ1) is 15.1. The van der Waals surface area contributed by atoms with Crippen molar-refractivity contribution in [2.24, 2.45) is 5.92 Å². The quantitative estimate of drug-likeness (QED) is 0.609. The van der Waals surface area contributed by atoms with Crippen molar-refractivity contribution < 1.29 is 9.59 Å². The summed E-state index contributed by atoms with van der Waals surface area (Å²) in [4.78, 5) is 27.9. The van der Waals surface area contributed by atoms with E-state index >= 15 is 0 Å². The molecule has 0 radical (unpaired) electrons. The molecule has 1 fully saturated rings. The lowest BCUT2D eigenvalue weighted by Gasteiger charge is -2.33. The van der Waals surface area contributed by atoms with Gasteiger partial charge in [0.25, 0.3) is 5.91 Å². The second kappa shape index (κ2) is 9.80. The van der Waals surface area contributed by atoms with E-state index in [0.29, 0.717) is 23.7 Å². The number of carbonyl (C=O) groups excluding carboxylic acids is 2. The summed E-state index contributed by atoms with van der Waals surface area (Å²) in [5.74, 6) is -0.317. The molecule has 1 unspecified atom stereocenters. The Balaban J connectivity index is 1.48. The van der Waals surface area contributed by atoms with Gasteiger partial charge in [-0.2, -0.15) is 0 Å². The van der Waals surface area contributed by atoms with Gasteiger partial charge in [-0.25, -0.2) is 0 Å². The van der Waals surface area contributed by atoms with Crippen molar-refractivity contribution in [3.05, 3.63) is 107 Å². The fraction of sp³-hybridized carbons (Fsp3) is 0.231. The minimum Gasteiger partial charge on any atom is -0.345 e. The molecule has 4 rings (SSSR count). The fourth-order valence-electron chi connectivity index (χ4n) is 4.06. The molecule has 1 aliphatic rings. The number of benzene rings is 3. The van der Waals surface area contributed by atoms with E-state index in [2.05, 4.69) is 5.32 Å². The van der Waals surface area contributed by atoms with Gasteiger partial charge in [0.05, 0.1) is 12.0 Å². The Hall–Kier alpha value is -3.11. The molecule has 5 heteroatoms. The number of rotatable bonds is 5. The smallest absolute Gasteiger partial charge is 0.253 e. The van der Waals surface area contributed by atoms with Crippen LogP contribution in [-0.4, -0.2) is 29.8 Å². The number of nitrogens with one attached hydrogen (secondary N) is 1. The number of hydrogen-bond donors (Lipinski definition) is 1. The summed E-state index contributed by atoms with van der Waals surface area (Å²) in [5, 5.41) is 3.83. The van der Waals surface area contributed by atoms with E-state index in [4.69, 9.17) is 11.6 Å². The molecule has 1 heterocycles. The summed E-state index contributed by atoms with van der Waals surface area (Å²) < 4.78 is 0. The normalized spacial score (nSPS) is 16.2. The van der Waals surface area contributed by atoms with Crippen LogP contribution in [0.4, 0.5) is 0 Å². The number of amides is 2. The number of carbonyl (C=O) groups is 2. The molecule has 158 valence electrons. The molecule has 2 amide bonds. The zero-order valence-electron chi connectivity index (χ0n) is 17.2. The summed E-state index contributed by atoms with van der Waals surface area (Å²) in [6.07, 6.45) is 1.57. The van der Waals surface area contributed by atoms with Gasteiger partial charge in [0.2, 0.25) is 5.91 Å². The van der Waals surface area contributed by atoms with Crippen molar-refractivity contribution in [2.45, 2.75) is 18.9 Å². The Morgan fingerprint density at radius 1 is 0.871 bits per heavy atom. The van der Waals surface area contributed by atoms with Crippen LogP contribution in [0, 0.1) is 5.92 Å². The van der Waals surface area contributed by atoms with Gasteiger partial charge in [-0.05, 0) is 48.2 Å². The number of halogens is 1. The SMILES string of the molecule is O=C(NC(c1ccccc1)c1ccccc1)C1CCCN(C(=O)c2ccc(Cl)cc2)C1. The van der Waals surface area contributed by atoms with Crippen molar-refractivity contribution >= 4 is 23.4 Å². The Morgan fingerprint density at radius 2 is 1.45 bits per heavy atom. The molecule has 31 heavy (non-hydrogen) atoms. The van der Waals surface area contributed by atoms with Crippen LogP contribution in [0.15, 0.2) is 84.9 Å². The zero-order chi connectivity index (χ0) is 21.6. The van der Waals surface area contributed by atoms with Crippen LogP contribution < -0.4 is 5.32 Å². The number of nitrogens with zero attached hydrogens (tertiary/aromatic N) is 1. The van der Waals surface area contributed by atoms with E-state index in [9.17, 15) is 9.59 Å². The number of likely N-dealkylation sites (tertiary alicyclic amines) is 1. The molecule has 1 atom stereocenters. The van der Waals surface area contributed by atoms with Crippen molar-refractivity contribution in [2.75, 3.05) is 13.1 Å². The lowest BCUT2D eigenvalue weighted by Crippen LogP contribution is -2.46. The average Bonchev–Trinajstić information content (AvgIpc) is 2.83. The van der Waals surface area contributed by atoms with Gasteiger partial charge in [0.1, 0.15) is 0 Å². The second-order valence-electron chi connectivity index (χ2n) is 7.86. The molecular formula is C26H25ClN2O2. The minimum atomic E-state index is -0.236. The molecule has 3 aromatic carbocycles. The van der Waals surface area contributed by atoms with Gasteiger partial charge in [-0.3, -0.25) is 9.59 Å². The third kappa shape index (κ3) is 5.15. The van der Waals surface area contributed by atoms with Crippen molar-refractivity contribution in [3.63, 3.8) is 0 Å². The van der Waals surface area contributed by atoms with E-state index in [-0.39, 0.29) is 23.8 Å².